The molecule has 1 aromatic carbocycles. The van der Waals surface area contributed by atoms with Gasteiger partial charge in [-0.2, -0.15) is 4.98 Å². The third-order valence-corrected chi connectivity index (χ3v) is 4.53. The minimum absolute atomic E-state index is 0.526. The van der Waals surface area contributed by atoms with Crippen LogP contribution >= 0.6 is 0 Å². The van der Waals surface area contributed by atoms with Crippen LogP contribution in [0.1, 0.15) is 11.4 Å². The minimum Gasteiger partial charge on any atom is -0.493 e. The zero-order valence-electron chi connectivity index (χ0n) is 15.3. The highest BCUT2D eigenvalue weighted by Crippen LogP contribution is 2.31. The van der Waals surface area contributed by atoms with E-state index in [1.807, 2.05) is 24.3 Å². The van der Waals surface area contributed by atoms with Gasteiger partial charge in [-0.15, -0.1) is 10.2 Å². The van der Waals surface area contributed by atoms with E-state index in [4.69, 9.17) is 9.47 Å². The molecule has 27 heavy (non-hydrogen) atoms. The van der Waals surface area contributed by atoms with E-state index in [0.29, 0.717) is 30.5 Å². The summed E-state index contributed by atoms with van der Waals surface area (Å²) in [5.41, 5.74) is 0.969. The number of benzene rings is 1. The smallest absolute Gasteiger partial charge is 0.224 e. The second-order valence-corrected chi connectivity index (χ2v) is 6.11. The topological polar surface area (TPSA) is 90.2 Å². The molecule has 0 spiro atoms. The van der Waals surface area contributed by atoms with Crippen molar-refractivity contribution in [2.24, 2.45) is 0 Å². The Kier molecular flexibility index (Phi) is 4.73. The molecule has 0 aliphatic carbocycles. The standard InChI is InChI=1S/C18H21N7O2/c1-26-14-5-3-4-13(17(14)27-2)10-20-18-19-7-6-15(22-18)24-8-9-25-12-21-23-16(25)11-24/h3-7,12H,8-11H2,1-2H3,(H,19,20,22). The summed E-state index contributed by atoms with van der Waals surface area (Å²) in [6.07, 6.45) is 3.52. The van der Waals surface area contributed by atoms with Crippen molar-refractivity contribution in [3.63, 3.8) is 0 Å². The largest absolute Gasteiger partial charge is 0.493 e. The summed E-state index contributed by atoms with van der Waals surface area (Å²) in [6.45, 7) is 2.90. The number of para-hydroxylation sites is 1. The average Bonchev–Trinajstić information content (AvgIpc) is 3.20. The van der Waals surface area contributed by atoms with E-state index in [2.05, 4.69) is 34.9 Å². The first-order valence-electron chi connectivity index (χ1n) is 8.67. The first-order valence-corrected chi connectivity index (χ1v) is 8.67. The van der Waals surface area contributed by atoms with Gasteiger partial charge in [0, 0.05) is 31.4 Å². The lowest BCUT2D eigenvalue weighted by molar-refractivity contribution is 0.352. The number of aromatic nitrogens is 5. The monoisotopic (exact) mass is 367 g/mol. The Morgan fingerprint density at radius 2 is 2.07 bits per heavy atom. The molecule has 0 radical (unpaired) electrons. The Hall–Kier alpha value is -3.36. The predicted octanol–water partition coefficient (Wildman–Crippen LogP) is 1.72. The van der Waals surface area contributed by atoms with E-state index in [0.717, 1.165) is 30.3 Å². The maximum Gasteiger partial charge on any atom is 0.224 e. The molecule has 1 aliphatic rings. The van der Waals surface area contributed by atoms with Crippen LogP contribution in [0.2, 0.25) is 0 Å². The Morgan fingerprint density at radius 3 is 2.93 bits per heavy atom. The number of hydrogen-bond donors (Lipinski definition) is 1. The summed E-state index contributed by atoms with van der Waals surface area (Å²) in [5, 5.41) is 11.4. The fourth-order valence-electron chi connectivity index (χ4n) is 3.14. The number of fused-ring (bicyclic) bond motifs is 1. The molecule has 9 nitrogen and oxygen atoms in total. The van der Waals surface area contributed by atoms with Gasteiger partial charge in [-0.25, -0.2) is 4.98 Å². The van der Waals surface area contributed by atoms with E-state index in [1.165, 1.54) is 0 Å². The molecule has 0 saturated heterocycles. The molecular weight excluding hydrogens is 346 g/mol. The van der Waals surface area contributed by atoms with Gasteiger partial charge in [-0.05, 0) is 12.1 Å². The van der Waals surface area contributed by atoms with E-state index in [9.17, 15) is 0 Å². The van der Waals surface area contributed by atoms with Gasteiger partial charge < -0.3 is 24.3 Å². The Morgan fingerprint density at radius 1 is 1.15 bits per heavy atom. The van der Waals surface area contributed by atoms with Crippen LogP contribution in [0.4, 0.5) is 11.8 Å². The van der Waals surface area contributed by atoms with Gasteiger partial charge in [0.1, 0.15) is 12.1 Å². The highest BCUT2D eigenvalue weighted by molar-refractivity contribution is 5.48. The van der Waals surface area contributed by atoms with Crippen molar-refractivity contribution in [3.8, 4) is 11.5 Å². The fourth-order valence-corrected chi connectivity index (χ4v) is 3.14. The molecule has 0 saturated carbocycles. The maximum absolute atomic E-state index is 5.47. The van der Waals surface area contributed by atoms with Gasteiger partial charge in [0.2, 0.25) is 5.95 Å². The summed E-state index contributed by atoms with van der Waals surface area (Å²) in [6, 6.07) is 7.69. The van der Waals surface area contributed by atoms with Crippen LogP contribution in [0, 0.1) is 0 Å². The lowest BCUT2D eigenvalue weighted by atomic mass is 10.2. The number of ether oxygens (including phenoxy) is 2. The van der Waals surface area contributed by atoms with Gasteiger partial charge >= 0.3 is 0 Å². The van der Waals surface area contributed by atoms with Crippen LogP contribution < -0.4 is 19.7 Å². The lowest BCUT2D eigenvalue weighted by Crippen LogP contribution is -2.34. The molecule has 1 aliphatic heterocycles. The number of hydrogen-bond acceptors (Lipinski definition) is 8. The second-order valence-electron chi connectivity index (χ2n) is 6.11. The normalized spacial score (nSPS) is 13.2. The maximum atomic E-state index is 5.47. The van der Waals surface area contributed by atoms with Crippen molar-refractivity contribution >= 4 is 11.8 Å². The molecule has 0 fully saturated rings. The van der Waals surface area contributed by atoms with Crippen molar-refractivity contribution in [1.82, 2.24) is 24.7 Å². The molecule has 2 aromatic heterocycles. The predicted molar refractivity (Wildman–Crippen MR) is 100.0 cm³/mol. The molecule has 0 bridgehead atoms. The van der Waals surface area contributed by atoms with Gasteiger partial charge in [0.25, 0.3) is 0 Å². The summed E-state index contributed by atoms with van der Waals surface area (Å²) in [7, 11) is 3.26. The number of methoxy groups -OCH3 is 2. The zero-order valence-corrected chi connectivity index (χ0v) is 15.3. The minimum atomic E-state index is 0.526. The van der Waals surface area contributed by atoms with Crippen LogP contribution in [0.15, 0.2) is 36.8 Å². The Bertz CT molecular complexity index is 928. The molecule has 9 heteroatoms. The first-order chi connectivity index (χ1) is 13.3. The summed E-state index contributed by atoms with van der Waals surface area (Å²) >= 11 is 0. The van der Waals surface area contributed by atoms with Crippen molar-refractivity contribution in [2.75, 3.05) is 31.0 Å². The van der Waals surface area contributed by atoms with Gasteiger partial charge in [0.15, 0.2) is 17.3 Å². The fraction of sp³-hybridized carbons (Fsp3) is 0.333. The number of nitrogens with one attached hydrogen (secondary N) is 1. The average molecular weight is 367 g/mol. The summed E-state index contributed by atoms with van der Waals surface area (Å²) in [4.78, 5) is 11.1. The first kappa shape index (κ1) is 17.1. The zero-order chi connectivity index (χ0) is 18.6. The molecule has 0 unspecified atom stereocenters. The molecular formula is C18H21N7O2. The summed E-state index contributed by atoms with van der Waals surface area (Å²) < 4.78 is 12.9. The number of nitrogens with zero attached hydrogens (tertiary/aromatic N) is 6. The molecule has 3 heterocycles. The van der Waals surface area contributed by atoms with Crippen LogP contribution in [-0.4, -0.2) is 45.5 Å². The quantitative estimate of drug-likeness (QED) is 0.704. The van der Waals surface area contributed by atoms with Gasteiger partial charge in [-0.3, -0.25) is 0 Å². The molecule has 1 N–H and O–H groups in total. The van der Waals surface area contributed by atoms with E-state index in [1.54, 1.807) is 26.7 Å². The van der Waals surface area contributed by atoms with E-state index >= 15 is 0 Å². The van der Waals surface area contributed by atoms with Crippen LogP contribution in [0.5, 0.6) is 11.5 Å². The molecule has 0 atom stereocenters. The van der Waals surface area contributed by atoms with Crippen LogP contribution in [-0.2, 0) is 19.6 Å². The SMILES string of the molecule is COc1cccc(CNc2nccc(N3CCn4cnnc4C3)n2)c1OC. The molecule has 4 rings (SSSR count). The third-order valence-electron chi connectivity index (χ3n) is 4.53. The number of anilines is 2. The molecule has 140 valence electrons. The van der Waals surface area contributed by atoms with Gasteiger partial charge in [-0.1, -0.05) is 12.1 Å². The van der Waals surface area contributed by atoms with Crippen molar-refractivity contribution < 1.29 is 9.47 Å². The van der Waals surface area contributed by atoms with E-state index < -0.39 is 0 Å². The van der Waals surface area contributed by atoms with Crippen molar-refractivity contribution in [1.29, 1.82) is 0 Å². The van der Waals surface area contributed by atoms with Crippen LogP contribution in [0.3, 0.4) is 0 Å². The molecule has 3 aromatic rings. The van der Waals surface area contributed by atoms with Crippen molar-refractivity contribution in [3.05, 3.63) is 48.2 Å². The lowest BCUT2D eigenvalue weighted by Gasteiger charge is -2.28. The highest BCUT2D eigenvalue weighted by Gasteiger charge is 2.19. The summed E-state index contributed by atoms with van der Waals surface area (Å²) in [5.74, 6) is 3.77. The Labute approximate surface area is 157 Å². The molecule has 0 amide bonds. The highest BCUT2D eigenvalue weighted by atomic mass is 16.5. The van der Waals surface area contributed by atoms with Crippen LogP contribution in [0.25, 0.3) is 0 Å². The number of rotatable bonds is 6. The van der Waals surface area contributed by atoms with E-state index in [-0.39, 0.29) is 0 Å². The Balaban J connectivity index is 1.48. The van der Waals surface area contributed by atoms with Gasteiger partial charge in [0.05, 0.1) is 20.8 Å². The van der Waals surface area contributed by atoms with Crippen molar-refractivity contribution in [2.45, 2.75) is 19.6 Å². The third kappa shape index (κ3) is 3.48. The second kappa shape index (κ2) is 7.48.